The number of ether oxygens (including phenoxy) is 1. The largest absolute Gasteiger partial charge is 0.496 e. The van der Waals surface area contributed by atoms with Crippen LogP contribution in [0.15, 0.2) is 51.8 Å². The Balaban J connectivity index is 1.71. The number of rotatable bonds is 8. The maximum Gasteiger partial charge on any atom is 0.270 e. The van der Waals surface area contributed by atoms with E-state index < -0.39 is 10.0 Å². The lowest BCUT2D eigenvalue weighted by Crippen LogP contribution is -2.28. The molecule has 3 aromatic rings. The quantitative estimate of drug-likeness (QED) is 0.489. The van der Waals surface area contributed by atoms with E-state index in [-0.39, 0.29) is 4.90 Å². The molecule has 0 amide bonds. The van der Waals surface area contributed by atoms with Crippen LogP contribution in [0.5, 0.6) is 5.75 Å². The highest BCUT2D eigenvalue weighted by molar-refractivity contribution is 7.89. The van der Waals surface area contributed by atoms with Gasteiger partial charge in [0.25, 0.3) is 4.84 Å². The number of oxazole rings is 1. The minimum absolute atomic E-state index is 0.215. The lowest BCUT2D eigenvalue weighted by atomic mass is 10.2. The molecule has 0 radical (unpaired) electrons. The van der Waals surface area contributed by atoms with Gasteiger partial charge in [-0.2, -0.15) is 0 Å². The van der Waals surface area contributed by atoms with Gasteiger partial charge in [-0.3, -0.25) is 9.47 Å². The van der Waals surface area contributed by atoms with Crippen molar-refractivity contribution >= 4 is 33.3 Å². The molecule has 0 bridgehead atoms. The van der Waals surface area contributed by atoms with Gasteiger partial charge in [0.1, 0.15) is 5.75 Å². The number of methoxy groups -OCH3 is 1. The van der Waals surface area contributed by atoms with Gasteiger partial charge < -0.3 is 9.15 Å². The highest BCUT2D eigenvalue weighted by atomic mass is 32.2. The SMILES string of the molecule is COc1ccccc1CN(Cn1c(=S)oc2ccc(S(=O)(=O)N(C)C)cc21)C1CC1. The average Bonchev–Trinajstić information content (AvgIpc) is 3.52. The number of hydrogen-bond acceptors (Lipinski definition) is 6. The van der Waals surface area contributed by atoms with Gasteiger partial charge in [0.15, 0.2) is 5.58 Å². The van der Waals surface area contributed by atoms with Gasteiger partial charge >= 0.3 is 0 Å². The van der Waals surface area contributed by atoms with Crippen molar-refractivity contribution in [3.8, 4) is 5.75 Å². The molecule has 0 unspecified atom stereocenters. The fourth-order valence-electron chi connectivity index (χ4n) is 3.52. The Labute approximate surface area is 181 Å². The Kier molecular flexibility index (Phi) is 5.71. The first kappa shape index (κ1) is 21.0. The Morgan fingerprint density at radius 1 is 1.20 bits per heavy atom. The van der Waals surface area contributed by atoms with Crippen LogP contribution in [-0.2, 0) is 23.2 Å². The average molecular weight is 448 g/mol. The first-order valence-corrected chi connectivity index (χ1v) is 11.6. The zero-order valence-corrected chi connectivity index (χ0v) is 18.9. The van der Waals surface area contributed by atoms with Gasteiger partial charge in [-0.1, -0.05) is 18.2 Å². The lowest BCUT2D eigenvalue weighted by molar-refractivity contribution is 0.195. The number of sulfonamides is 1. The summed E-state index contributed by atoms with van der Waals surface area (Å²) >= 11 is 5.46. The molecule has 0 N–H and O–H groups in total. The zero-order valence-electron chi connectivity index (χ0n) is 17.2. The van der Waals surface area contributed by atoms with E-state index in [1.54, 1.807) is 25.3 Å². The summed E-state index contributed by atoms with van der Waals surface area (Å²) < 4.78 is 39.5. The number of aromatic nitrogens is 1. The number of nitrogens with zero attached hydrogens (tertiary/aromatic N) is 3. The second-order valence-electron chi connectivity index (χ2n) is 7.64. The maximum atomic E-state index is 12.6. The fourth-order valence-corrected chi connectivity index (χ4v) is 4.68. The summed E-state index contributed by atoms with van der Waals surface area (Å²) in [6.45, 7) is 1.22. The van der Waals surface area contributed by atoms with Gasteiger partial charge in [-0.25, -0.2) is 12.7 Å². The molecular weight excluding hydrogens is 422 g/mol. The van der Waals surface area contributed by atoms with Crippen molar-refractivity contribution in [2.75, 3.05) is 21.2 Å². The fraction of sp³-hybridized carbons (Fsp3) is 0.381. The monoisotopic (exact) mass is 447 g/mol. The summed E-state index contributed by atoms with van der Waals surface area (Å²) in [7, 11) is 1.16. The van der Waals surface area contributed by atoms with E-state index in [4.69, 9.17) is 21.4 Å². The first-order valence-electron chi connectivity index (χ1n) is 9.73. The molecule has 2 aromatic carbocycles. The van der Waals surface area contributed by atoms with E-state index >= 15 is 0 Å². The van der Waals surface area contributed by atoms with Gasteiger partial charge in [0.2, 0.25) is 10.0 Å². The van der Waals surface area contributed by atoms with E-state index in [1.165, 1.54) is 18.4 Å². The van der Waals surface area contributed by atoms with Crippen molar-refractivity contribution in [2.24, 2.45) is 0 Å². The molecule has 160 valence electrons. The summed E-state index contributed by atoms with van der Waals surface area (Å²) in [5, 5.41) is 0. The summed E-state index contributed by atoms with van der Waals surface area (Å²) in [5.74, 6) is 0.850. The standard InChI is InChI=1S/C21H25N3O4S2/c1-22(2)30(25,26)17-10-11-20-18(12-17)24(21(29)28-20)14-23(16-8-9-16)13-15-6-4-5-7-19(15)27-3/h4-7,10-12,16H,8-9,13-14H2,1-3H3. The van der Waals surface area contributed by atoms with Crippen molar-refractivity contribution in [2.45, 2.75) is 37.0 Å². The van der Waals surface area contributed by atoms with Crippen LogP contribution in [0, 0.1) is 4.84 Å². The molecule has 4 rings (SSSR count). The Morgan fingerprint density at radius 2 is 1.93 bits per heavy atom. The molecule has 1 heterocycles. The van der Waals surface area contributed by atoms with E-state index in [9.17, 15) is 8.42 Å². The Hall–Kier alpha value is -2.20. The lowest BCUT2D eigenvalue weighted by Gasteiger charge is -2.23. The molecule has 7 nitrogen and oxygen atoms in total. The molecule has 30 heavy (non-hydrogen) atoms. The molecule has 0 aliphatic heterocycles. The highest BCUT2D eigenvalue weighted by Gasteiger charge is 2.30. The summed E-state index contributed by atoms with van der Waals surface area (Å²) in [5.41, 5.74) is 2.35. The van der Waals surface area contributed by atoms with Crippen LogP contribution < -0.4 is 4.74 Å². The molecule has 1 saturated carbocycles. The third-order valence-electron chi connectivity index (χ3n) is 5.37. The molecule has 1 aliphatic rings. The third-order valence-corrected chi connectivity index (χ3v) is 7.48. The first-order chi connectivity index (χ1) is 14.3. The second kappa shape index (κ2) is 8.14. The molecule has 0 atom stereocenters. The molecule has 1 fully saturated rings. The summed E-state index contributed by atoms with van der Waals surface area (Å²) in [4.78, 5) is 2.87. The minimum Gasteiger partial charge on any atom is -0.496 e. The van der Waals surface area contributed by atoms with Crippen LogP contribution in [0.3, 0.4) is 0 Å². The Morgan fingerprint density at radius 3 is 2.60 bits per heavy atom. The van der Waals surface area contributed by atoms with E-state index in [1.807, 2.05) is 22.8 Å². The second-order valence-corrected chi connectivity index (χ2v) is 10.1. The minimum atomic E-state index is -3.55. The molecular formula is C21H25N3O4S2. The van der Waals surface area contributed by atoms with Crippen LogP contribution in [0.2, 0.25) is 0 Å². The topological polar surface area (TPSA) is 67.9 Å². The van der Waals surface area contributed by atoms with Crippen molar-refractivity contribution in [3.63, 3.8) is 0 Å². The van der Waals surface area contributed by atoms with Crippen molar-refractivity contribution < 1.29 is 17.6 Å². The van der Waals surface area contributed by atoms with Gasteiger partial charge in [-0.15, -0.1) is 0 Å². The van der Waals surface area contributed by atoms with Crippen molar-refractivity contribution in [1.82, 2.24) is 13.8 Å². The van der Waals surface area contributed by atoms with Crippen LogP contribution in [0.25, 0.3) is 11.1 Å². The predicted octanol–water partition coefficient (Wildman–Crippen LogP) is 3.84. The maximum absolute atomic E-state index is 12.6. The highest BCUT2D eigenvalue weighted by Crippen LogP contribution is 2.32. The molecule has 0 spiro atoms. The van der Waals surface area contributed by atoms with Gasteiger partial charge in [0, 0.05) is 32.2 Å². The number of hydrogen-bond donors (Lipinski definition) is 0. The van der Waals surface area contributed by atoms with E-state index in [0.717, 1.165) is 24.2 Å². The van der Waals surface area contributed by atoms with E-state index in [2.05, 4.69) is 11.0 Å². The summed E-state index contributed by atoms with van der Waals surface area (Å²) in [6.07, 6.45) is 2.25. The normalized spacial score (nSPS) is 14.7. The van der Waals surface area contributed by atoms with E-state index in [0.29, 0.717) is 35.2 Å². The molecule has 9 heteroatoms. The number of fused-ring (bicyclic) bond motifs is 1. The zero-order chi connectivity index (χ0) is 21.5. The van der Waals surface area contributed by atoms with Crippen molar-refractivity contribution in [3.05, 3.63) is 52.9 Å². The summed E-state index contributed by atoms with van der Waals surface area (Å²) in [6, 6.07) is 13.3. The van der Waals surface area contributed by atoms with Crippen LogP contribution in [-0.4, -0.2) is 49.4 Å². The predicted molar refractivity (Wildman–Crippen MR) is 117 cm³/mol. The number of para-hydroxylation sites is 1. The third kappa shape index (κ3) is 4.02. The van der Waals surface area contributed by atoms with Crippen LogP contribution >= 0.6 is 12.2 Å². The Bertz CT molecular complexity index is 1230. The number of benzene rings is 2. The molecule has 0 saturated heterocycles. The smallest absolute Gasteiger partial charge is 0.270 e. The van der Waals surface area contributed by atoms with Gasteiger partial charge in [-0.05, 0) is 49.3 Å². The van der Waals surface area contributed by atoms with Gasteiger partial charge in [0.05, 0.1) is 24.2 Å². The molecule has 1 aliphatic carbocycles. The van der Waals surface area contributed by atoms with Crippen molar-refractivity contribution in [1.29, 1.82) is 0 Å². The van der Waals surface area contributed by atoms with Crippen LogP contribution in [0.1, 0.15) is 18.4 Å². The van der Waals surface area contributed by atoms with Crippen LogP contribution in [0.4, 0.5) is 0 Å². The molecule has 1 aromatic heterocycles.